The molecule has 36 heavy (non-hydrogen) atoms. The number of hydrogen-bond acceptors (Lipinski definition) is 5. The molecule has 1 saturated heterocycles. The number of likely N-dealkylation sites (tertiary alicyclic amines) is 1. The first-order chi connectivity index (χ1) is 17.3. The summed E-state index contributed by atoms with van der Waals surface area (Å²) in [5.41, 5.74) is 4.16. The lowest BCUT2D eigenvalue weighted by Gasteiger charge is -2.29. The molecule has 0 radical (unpaired) electrons. The van der Waals surface area contributed by atoms with Crippen LogP contribution in [0.4, 0.5) is 0 Å². The summed E-state index contributed by atoms with van der Waals surface area (Å²) in [5, 5.41) is 19.2. The average Bonchev–Trinajstić information content (AvgIpc) is 2.88. The Morgan fingerprint density at radius 2 is 1.58 bits per heavy atom. The van der Waals surface area contributed by atoms with E-state index in [0.717, 1.165) is 29.6 Å². The number of carbonyl (C=O) groups is 3. The van der Waals surface area contributed by atoms with Crippen LogP contribution in [0.2, 0.25) is 0 Å². The van der Waals surface area contributed by atoms with Crippen molar-refractivity contribution < 1.29 is 24.6 Å². The summed E-state index contributed by atoms with van der Waals surface area (Å²) < 4.78 is 0. The van der Waals surface area contributed by atoms with Crippen LogP contribution in [0.1, 0.15) is 48.5 Å². The molecule has 0 spiro atoms. The van der Waals surface area contributed by atoms with Crippen molar-refractivity contribution in [2.75, 3.05) is 19.6 Å². The lowest BCUT2D eigenvalue weighted by Crippen LogP contribution is -2.35. The highest BCUT2D eigenvalue weighted by molar-refractivity contribution is 6.27. The summed E-state index contributed by atoms with van der Waals surface area (Å²) >= 11 is 0. The number of aromatic nitrogens is 1. The third kappa shape index (κ3) is 8.46. The molecule has 1 unspecified atom stereocenters. The van der Waals surface area contributed by atoms with Crippen molar-refractivity contribution in [1.29, 1.82) is 0 Å². The van der Waals surface area contributed by atoms with Gasteiger partial charge in [-0.05, 0) is 57.0 Å². The average molecular weight is 492 g/mol. The Bertz CT molecular complexity index is 1160. The summed E-state index contributed by atoms with van der Waals surface area (Å²) in [6.07, 6.45) is 5.15. The zero-order valence-corrected chi connectivity index (χ0v) is 20.5. The Morgan fingerprint density at radius 3 is 2.25 bits per heavy atom. The van der Waals surface area contributed by atoms with Crippen LogP contribution in [0, 0.1) is 6.92 Å². The fourth-order valence-electron chi connectivity index (χ4n) is 4.23. The molecule has 0 aliphatic carbocycles. The van der Waals surface area contributed by atoms with E-state index < -0.39 is 11.9 Å². The van der Waals surface area contributed by atoms with Gasteiger partial charge in [0.15, 0.2) is 0 Å². The Labute approximate surface area is 211 Å². The molecule has 2 heterocycles. The normalized spacial score (nSPS) is 14.4. The SMILES string of the molecule is Cc1ccc(C(CCN2CCCCC2)NC(=O)Cc2ccc3ccccc3n2)cc1.O=C(O)C(=O)O. The minimum Gasteiger partial charge on any atom is -0.473 e. The lowest BCUT2D eigenvalue weighted by molar-refractivity contribution is -0.159. The van der Waals surface area contributed by atoms with Gasteiger partial charge in [0.25, 0.3) is 0 Å². The van der Waals surface area contributed by atoms with E-state index in [1.54, 1.807) is 0 Å². The number of carbonyl (C=O) groups excluding carboxylic acids is 1. The van der Waals surface area contributed by atoms with E-state index in [1.165, 1.54) is 43.5 Å². The van der Waals surface area contributed by atoms with Gasteiger partial charge < -0.3 is 20.4 Å². The second-order valence-electron chi connectivity index (χ2n) is 9.00. The molecule has 8 heteroatoms. The predicted octanol–water partition coefficient (Wildman–Crippen LogP) is 3.97. The highest BCUT2D eigenvalue weighted by Gasteiger charge is 2.18. The van der Waals surface area contributed by atoms with E-state index in [0.29, 0.717) is 6.42 Å². The molecular formula is C28H33N3O5. The molecule has 1 fully saturated rings. The van der Waals surface area contributed by atoms with Crippen LogP contribution in [-0.2, 0) is 20.8 Å². The summed E-state index contributed by atoms with van der Waals surface area (Å²) in [5.74, 6) is -3.62. The maximum Gasteiger partial charge on any atom is 0.414 e. The maximum atomic E-state index is 12.9. The highest BCUT2D eigenvalue weighted by Crippen LogP contribution is 2.20. The van der Waals surface area contributed by atoms with Gasteiger partial charge in [-0.25, -0.2) is 9.59 Å². The number of nitrogens with one attached hydrogen (secondary N) is 1. The quantitative estimate of drug-likeness (QED) is 0.428. The number of piperidine rings is 1. The largest absolute Gasteiger partial charge is 0.473 e. The van der Waals surface area contributed by atoms with Crippen molar-refractivity contribution in [3.05, 3.63) is 77.5 Å². The molecule has 8 nitrogen and oxygen atoms in total. The highest BCUT2D eigenvalue weighted by atomic mass is 16.4. The minimum absolute atomic E-state index is 0.0282. The van der Waals surface area contributed by atoms with E-state index in [9.17, 15) is 4.79 Å². The molecule has 1 aliphatic heterocycles. The summed E-state index contributed by atoms with van der Waals surface area (Å²) in [6.45, 7) is 5.47. The van der Waals surface area contributed by atoms with Crippen LogP contribution in [-0.4, -0.2) is 57.6 Å². The summed E-state index contributed by atoms with van der Waals surface area (Å²) in [6, 6.07) is 20.6. The van der Waals surface area contributed by atoms with Crippen LogP contribution < -0.4 is 5.32 Å². The van der Waals surface area contributed by atoms with Crippen molar-refractivity contribution in [2.24, 2.45) is 0 Å². The van der Waals surface area contributed by atoms with Crippen molar-refractivity contribution in [3.8, 4) is 0 Å². The van der Waals surface area contributed by atoms with Gasteiger partial charge in [0.2, 0.25) is 5.91 Å². The minimum atomic E-state index is -1.82. The summed E-state index contributed by atoms with van der Waals surface area (Å²) in [4.78, 5) is 38.3. The van der Waals surface area contributed by atoms with Gasteiger partial charge in [0, 0.05) is 11.9 Å². The van der Waals surface area contributed by atoms with Crippen LogP contribution in [0.25, 0.3) is 10.9 Å². The zero-order valence-electron chi connectivity index (χ0n) is 20.5. The van der Waals surface area contributed by atoms with E-state index in [-0.39, 0.29) is 11.9 Å². The van der Waals surface area contributed by atoms with Crippen molar-refractivity contribution in [3.63, 3.8) is 0 Å². The van der Waals surface area contributed by atoms with Gasteiger partial charge in [0.1, 0.15) is 0 Å². The Balaban J connectivity index is 0.000000538. The van der Waals surface area contributed by atoms with E-state index in [1.807, 2.05) is 36.4 Å². The number of hydrogen-bond donors (Lipinski definition) is 3. The molecule has 2 aromatic carbocycles. The number of nitrogens with zero attached hydrogens (tertiary/aromatic N) is 2. The number of aryl methyl sites for hydroxylation is 1. The van der Waals surface area contributed by atoms with Crippen LogP contribution in [0.3, 0.4) is 0 Å². The smallest absolute Gasteiger partial charge is 0.414 e. The predicted molar refractivity (Wildman–Crippen MR) is 138 cm³/mol. The fourth-order valence-corrected chi connectivity index (χ4v) is 4.23. The van der Waals surface area contributed by atoms with Crippen molar-refractivity contribution in [2.45, 2.75) is 45.1 Å². The molecule has 0 bridgehead atoms. The molecule has 3 aromatic rings. The number of amides is 1. The number of carboxylic acid groups (broad SMARTS) is 2. The van der Waals surface area contributed by atoms with Gasteiger partial charge in [-0.2, -0.15) is 0 Å². The van der Waals surface area contributed by atoms with Crippen LogP contribution >= 0.6 is 0 Å². The molecule has 0 saturated carbocycles. The third-order valence-corrected chi connectivity index (χ3v) is 6.18. The van der Waals surface area contributed by atoms with Gasteiger partial charge in [-0.15, -0.1) is 0 Å². The van der Waals surface area contributed by atoms with Gasteiger partial charge in [-0.3, -0.25) is 9.78 Å². The number of benzene rings is 2. The lowest BCUT2D eigenvalue weighted by atomic mass is 10.0. The first kappa shape index (κ1) is 26.8. The van der Waals surface area contributed by atoms with Crippen molar-refractivity contribution in [1.82, 2.24) is 15.2 Å². The fraction of sp³-hybridized carbons (Fsp3) is 0.357. The second kappa shape index (κ2) is 13.3. The maximum absolute atomic E-state index is 12.9. The van der Waals surface area contributed by atoms with Gasteiger partial charge >= 0.3 is 11.9 Å². The number of fused-ring (bicyclic) bond motifs is 1. The molecule has 4 rings (SSSR count). The van der Waals surface area contributed by atoms with Crippen LogP contribution in [0.15, 0.2) is 60.7 Å². The summed E-state index contributed by atoms with van der Waals surface area (Å²) in [7, 11) is 0. The Kier molecular flexibility index (Phi) is 9.94. The molecule has 1 aliphatic rings. The van der Waals surface area contributed by atoms with Gasteiger partial charge in [-0.1, -0.05) is 60.5 Å². The molecule has 3 N–H and O–H groups in total. The van der Waals surface area contributed by atoms with Crippen LogP contribution in [0.5, 0.6) is 0 Å². The first-order valence-electron chi connectivity index (χ1n) is 12.2. The topological polar surface area (TPSA) is 120 Å². The molecular weight excluding hydrogens is 458 g/mol. The standard InChI is InChI=1S/C26H31N3O.C2H2O4/c1-20-9-11-22(12-10-20)25(15-18-29-16-5-2-6-17-29)28-26(30)19-23-14-13-21-7-3-4-8-24(21)27-23;3-1(4)2(5)6/h3-4,7-14,25H,2,5-6,15-19H2,1H3,(H,28,30);(H,3,4)(H,5,6). The van der Waals surface area contributed by atoms with E-state index in [4.69, 9.17) is 19.8 Å². The number of aliphatic carboxylic acids is 2. The molecule has 1 amide bonds. The zero-order chi connectivity index (χ0) is 25.9. The number of rotatable bonds is 7. The third-order valence-electron chi connectivity index (χ3n) is 6.18. The molecule has 1 aromatic heterocycles. The Morgan fingerprint density at radius 1 is 0.917 bits per heavy atom. The number of carboxylic acids is 2. The first-order valence-corrected chi connectivity index (χ1v) is 12.2. The number of pyridine rings is 1. The van der Waals surface area contributed by atoms with E-state index in [2.05, 4.69) is 46.4 Å². The Hall–Kier alpha value is -3.78. The monoisotopic (exact) mass is 491 g/mol. The molecule has 1 atom stereocenters. The van der Waals surface area contributed by atoms with E-state index >= 15 is 0 Å². The second-order valence-corrected chi connectivity index (χ2v) is 9.00. The van der Waals surface area contributed by atoms with Crippen molar-refractivity contribution >= 4 is 28.7 Å². The molecule has 190 valence electrons. The number of para-hydroxylation sites is 1. The van der Waals surface area contributed by atoms with Gasteiger partial charge in [0.05, 0.1) is 23.7 Å².